The van der Waals surface area contributed by atoms with Gasteiger partial charge in [-0.2, -0.15) is 0 Å². The van der Waals surface area contributed by atoms with Crippen molar-refractivity contribution in [2.45, 2.75) is 94.9 Å². The van der Waals surface area contributed by atoms with Gasteiger partial charge < -0.3 is 19.7 Å². The molecule has 24 heavy (non-hydrogen) atoms. The zero-order valence-electron chi connectivity index (χ0n) is 16.4. The number of hydrogen-bond donors (Lipinski definition) is 2. The lowest BCUT2D eigenvalue weighted by Crippen LogP contribution is -2.53. The van der Waals surface area contributed by atoms with Crippen LogP contribution in [-0.4, -0.2) is 48.5 Å². The van der Waals surface area contributed by atoms with Crippen molar-refractivity contribution in [1.82, 2.24) is 0 Å². The molecule has 2 N–H and O–H groups in total. The van der Waals surface area contributed by atoms with E-state index in [4.69, 9.17) is 9.47 Å². The van der Waals surface area contributed by atoms with Crippen molar-refractivity contribution in [3.05, 3.63) is 25.3 Å². The minimum Gasteiger partial charge on any atom is -0.389 e. The third-order valence-corrected chi connectivity index (χ3v) is 11.9. The van der Waals surface area contributed by atoms with E-state index in [1.165, 1.54) is 6.08 Å². The molecule has 1 aliphatic heterocycles. The third kappa shape index (κ3) is 4.58. The van der Waals surface area contributed by atoms with Gasteiger partial charge in [0.15, 0.2) is 5.79 Å². The molecule has 1 heterocycles. The number of ether oxygens (including phenoxy) is 2. The Balaban J connectivity index is 3.28. The summed E-state index contributed by atoms with van der Waals surface area (Å²) in [5.41, 5.74) is -0.0845. The Morgan fingerprint density at radius 1 is 1.12 bits per heavy atom. The molecule has 1 rings (SSSR count). The first-order chi connectivity index (χ1) is 10.8. The van der Waals surface area contributed by atoms with E-state index in [1.54, 1.807) is 6.08 Å². The van der Waals surface area contributed by atoms with Crippen LogP contribution in [0.2, 0.25) is 23.7 Å². The van der Waals surface area contributed by atoms with Gasteiger partial charge in [-0.05, 0) is 18.9 Å². The predicted molar refractivity (Wildman–Crippen MR) is 102 cm³/mol. The van der Waals surface area contributed by atoms with Crippen molar-refractivity contribution < 1.29 is 19.7 Å². The van der Waals surface area contributed by atoms with Crippen molar-refractivity contribution in [3.63, 3.8) is 0 Å². The van der Waals surface area contributed by atoms with Crippen molar-refractivity contribution >= 4 is 8.07 Å². The Labute approximate surface area is 148 Å². The quantitative estimate of drug-likeness (QED) is 0.537. The first-order valence-corrected chi connectivity index (χ1v) is 11.8. The Hall–Kier alpha value is -0.463. The number of hydrogen-bond acceptors (Lipinski definition) is 4. The zero-order chi connectivity index (χ0) is 18.9. The minimum atomic E-state index is -1.98. The molecule has 0 amide bonds. The highest BCUT2D eigenvalue weighted by Gasteiger charge is 2.55. The summed E-state index contributed by atoms with van der Waals surface area (Å²) < 4.78 is 12.3. The first kappa shape index (κ1) is 21.6. The summed E-state index contributed by atoms with van der Waals surface area (Å²) in [5, 5.41) is 20.8. The fraction of sp³-hybridized carbons (Fsp3) is 0.789. The Morgan fingerprint density at radius 3 is 2.08 bits per heavy atom. The van der Waals surface area contributed by atoms with Crippen molar-refractivity contribution in [2.75, 3.05) is 0 Å². The molecule has 5 heteroatoms. The van der Waals surface area contributed by atoms with Crippen LogP contribution >= 0.6 is 0 Å². The van der Waals surface area contributed by atoms with Gasteiger partial charge in [0.2, 0.25) is 0 Å². The Morgan fingerprint density at radius 2 is 1.67 bits per heavy atom. The van der Waals surface area contributed by atoms with Crippen LogP contribution in [0.4, 0.5) is 0 Å². The third-order valence-electron chi connectivity index (χ3n) is 5.70. The summed E-state index contributed by atoms with van der Waals surface area (Å²) >= 11 is 0. The number of aliphatic hydroxyl groups excluding tert-OH is 2. The second-order valence-corrected chi connectivity index (χ2v) is 14.5. The van der Waals surface area contributed by atoms with Gasteiger partial charge in [-0.15, -0.1) is 13.2 Å². The maximum atomic E-state index is 10.8. The molecule has 0 radical (unpaired) electrons. The summed E-state index contributed by atoms with van der Waals surface area (Å²) in [7, 11) is -1.98. The average molecular weight is 357 g/mol. The highest BCUT2D eigenvalue weighted by Crippen LogP contribution is 2.51. The summed E-state index contributed by atoms with van der Waals surface area (Å²) in [4.78, 5) is 0. The molecule has 0 aromatic heterocycles. The van der Waals surface area contributed by atoms with Gasteiger partial charge in [-0.25, -0.2) is 0 Å². The largest absolute Gasteiger partial charge is 0.389 e. The zero-order valence-corrected chi connectivity index (χ0v) is 17.4. The maximum absolute atomic E-state index is 10.8. The Bertz CT molecular complexity index is 453. The van der Waals surface area contributed by atoms with E-state index < -0.39 is 26.1 Å². The average Bonchev–Trinajstić information content (AvgIpc) is 2.71. The second kappa shape index (κ2) is 7.42. The molecule has 0 aliphatic carbocycles. The van der Waals surface area contributed by atoms with Gasteiger partial charge >= 0.3 is 0 Å². The fourth-order valence-electron chi connectivity index (χ4n) is 3.36. The topological polar surface area (TPSA) is 58.9 Å². The molecular weight excluding hydrogens is 320 g/mol. The molecule has 1 aliphatic rings. The Kier molecular flexibility index (Phi) is 6.67. The van der Waals surface area contributed by atoms with E-state index in [0.717, 1.165) is 0 Å². The van der Waals surface area contributed by atoms with Crippen LogP contribution in [0.1, 0.15) is 41.0 Å². The van der Waals surface area contributed by atoms with Crippen LogP contribution in [0.15, 0.2) is 25.3 Å². The van der Waals surface area contributed by atoms with Gasteiger partial charge in [0.1, 0.15) is 0 Å². The van der Waals surface area contributed by atoms with Crippen LogP contribution < -0.4 is 0 Å². The minimum absolute atomic E-state index is 0.0688. The van der Waals surface area contributed by atoms with Gasteiger partial charge in [0.05, 0.1) is 32.5 Å². The number of rotatable bonds is 7. The molecule has 5 atom stereocenters. The molecule has 0 bridgehead atoms. The van der Waals surface area contributed by atoms with Crippen LogP contribution in [0.25, 0.3) is 0 Å². The highest BCUT2D eigenvalue weighted by atomic mass is 28.3. The summed E-state index contributed by atoms with van der Waals surface area (Å²) in [6.45, 7) is 22.4. The van der Waals surface area contributed by atoms with E-state index in [1.807, 2.05) is 13.8 Å². The highest BCUT2D eigenvalue weighted by molar-refractivity contribution is 6.81. The molecule has 1 saturated heterocycles. The van der Waals surface area contributed by atoms with E-state index in [2.05, 4.69) is 47.0 Å². The predicted octanol–water partition coefficient (Wildman–Crippen LogP) is 3.87. The molecule has 0 spiro atoms. The van der Waals surface area contributed by atoms with Gasteiger partial charge in [-0.3, -0.25) is 0 Å². The maximum Gasteiger partial charge on any atom is 0.163 e. The van der Waals surface area contributed by atoms with E-state index in [-0.39, 0.29) is 22.8 Å². The molecule has 140 valence electrons. The molecule has 4 nitrogen and oxygen atoms in total. The van der Waals surface area contributed by atoms with Crippen LogP contribution in [0.3, 0.4) is 0 Å². The van der Waals surface area contributed by atoms with Gasteiger partial charge in [0.25, 0.3) is 0 Å². The molecule has 2 unspecified atom stereocenters. The molecule has 0 saturated carbocycles. The van der Waals surface area contributed by atoms with Crippen LogP contribution in [0.5, 0.6) is 0 Å². The molecular formula is C19H36O4Si. The SMILES string of the molecule is C=CC(O)C[C@@H]1OC(C)(C)O[C@H]1[C@H](C(O)C=C)[Si](C)(C)C(C)(C)C. The molecule has 0 aromatic rings. The molecule has 1 fully saturated rings. The van der Waals surface area contributed by atoms with E-state index >= 15 is 0 Å². The first-order valence-electron chi connectivity index (χ1n) is 8.73. The van der Waals surface area contributed by atoms with Crippen LogP contribution in [0, 0.1) is 0 Å². The van der Waals surface area contributed by atoms with Crippen LogP contribution in [-0.2, 0) is 9.47 Å². The van der Waals surface area contributed by atoms with Gasteiger partial charge in [-0.1, -0.05) is 46.0 Å². The summed E-state index contributed by atoms with van der Waals surface area (Å²) in [6, 6.07) is 0. The monoisotopic (exact) mass is 356 g/mol. The van der Waals surface area contributed by atoms with E-state index in [9.17, 15) is 10.2 Å². The van der Waals surface area contributed by atoms with E-state index in [0.29, 0.717) is 6.42 Å². The molecule has 0 aromatic carbocycles. The summed E-state index contributed by atoms with van der Waals surface area (Å²) in [6.07, 6.45) is 1.61. The van der Waals surface area contributed by atoms with Gasteiger partial charge in [0, 0.05) is 12.0 Å². The summed E-state index contributed by atoms with van der Waals surface area (Å²) in [5.74, 6) is -0.738. The second-order valence-electron chi connectivity index (χ2n) is 8.90. The van der Waals surface area contributed by atoms with Crippen molar-refractivity contribution in [2.24, 2.45) is 0 Å². The lowest BCUT2D eigenvalue weighted by atomic mass is 10.0. The normalized spacial score (nSPS) is 28.2. The van der Waals surface area contributed by atoms with Crippen molar-refractivity contribution in [3.8, 4) is 0 Å². The standard InChI is InChI=1S/C19H36O4Si/c1-10-13(20)12-15-16(23-19(6,7)22-15)17(14(21)11-2)24(8,9)18(3,4)5/h10-11,13-17,20-21H,1-2,12H2,3-9H3/t13?,14?,15-,16+,17-/m0/s1. The lowest BCUT2D eigenvalue weighted by Gasteiger charge is -2.47. The number of aliphatic hydroxyl groups is 2. The fourth-order valence-corrected chi connectivity index (χ4v) is 6.46. The van der Waals surface area contributed by atoms with Crippen molar-refractivity contribution in [1.29, 1.82) is 0 Å². The smallest absolute Gasteiger partial charge is 0.163 e. The lowest BCUT2D eigenvalue weighted by molar-refractivity contribution is -0.149.